The van der Waals surface area contributed by atoms with Crippen molar-refractivity contribution in [3.8, 4) is 0 Å². The molecule has 2 heteroatoms. The molecule has 0 radical (unpaired) electrons. The lowest BCUT2D eigenvalue weighted by Gasteiger charge is -2.11. The molecule has 1 aliphatic rings. The van der Waals surface area contributed by atoms with Gasteiger partial charge in [-0.15, -0.1) is 0 Å². The van der Waals surface area contributed by atoms with E-state index < -0.39 is 0 Å². The highest BCUT2D eigenvalue weighted by atomic mass is 16.2. The predicted molar refractivity (Wildman–Crippen MR) is 62.3 cm³/mol. The largest absolute Gasteiger partial charge is 0.311 e. The Balaban J connectivity index is 2.77. The molecule has 1 aliphatic heterocycles. The van der Waals surface area contributed by atoms with E-state index >= 15 is 0 Å². The average Bonchev–Trinajstić information content (AvgIpc) is 2.52. The van der Waals surface area contributed by atoms with Crippen molar-refractivity contribution in [2.75, 3.05) is 7.05 Å². The minimum Gasteiger partial charge on any atom is -0.311 e. The zero-order valence-electron chi connectivity index (χ0n) is 8.95. The van der Waals surface area contributed by atoms with Crippen LogP contribution in [-0.4, -0.2) is 17.9 Å². The van der Waals surface area contributed by atoms with Crippen LogP contribution in [-0.2, 0) is 0 Å². The molecular weight excluding hydrogens is 186 g/mol. The standard InChI is InChI=1S/C13H13NO/c1-4-9-7-6-8-10-12(9)11(5-2)14(3)13(10)15/h4-8H,1H2,2-3H3/b11-5+. The quantitative estimate of drug-likeness (QED) is 0.681. The molecule has 15 heavy (non-hydrogen) atoms. The molecule has 0 aromatic heterocycles. The second-order valence-corrected chi connectivity index (χ2v) is 3.51. The van der Waals surface area contributed by atoms with Crippen molar-refractivity contribution < 1.29 is 4.79 Å². The van der Waals surface area contributed by atoms with Crippen molar-refractivity contribution >= 4 is 17.7 Å². The Bertz CT molecular complexity index is 471. The zero-order valence-corrected chi connectivity index (χ0v) is 8.95. The lowest BCUT2D eigenvalue weighted by molar-refractivity contribution is 0.0874. The molecule has 0 fully saturated rings. The Morgan fingerprint density at radius 1 is 1.40 bits per heavy atom. The molecule has 0 atom stereocenters. The topological polar surface area (TPSA) is 20.3 Å². The van der Waals surface area contributed by atoms with E-state index in [1.807, 2.05) is 31.2 Å². The molecule has 2 nitrogen and oxygen atoms in total. The van der Waals surface area contributed by atoms with Gasteiger partial charge < -0.3 is 4.90 Å². The Morgan fingerprint density at radius 2 is 2.13 bits per heavy atom. The molecule has 2 rings (SSSR count). The monoisotopic (exact) mass is 199 g/mol. The first-order valence-electron chi connectivity index (χ1n) is 4.91. The van der Waals surface area contributed by atoms with Gasteiger partial charge >= 0.3 is 0 Å². The number of carbonyl (C=O) groups excluding carboxylic acids is 1. The second kappa shape index (κ2) is 3.39. The maximum absolute atomic E-state index is 11.9. The number of hydrogen-bond donors (Lipinski definition) is 0. The minimum atomic E-state index is 0.0572. The van der Waals surface area contributed by atoms with Crippen molar-refractivity contribution in [2.24, 2.45) is 0 Å². The van der Waals surface area contributed by atoms with Crippen molar-refractivity contribution in [3.05, 3.63) is 47.5 Å². The summed E-state index contributed by atoms with van der Waals surface area (Å²) in [5.41, 5.74) is 3.74. The average molecular weight is 199 g/mol. The lowest BCUT2D eigenvalue weighted by atomic mass is 10.0. The molecule has 1 amide bonds. The van der Waals surface area contributed by atoms with Crippen LogP contribution in [0.1, 0.15) is 28.4 Å². The fourth-order valence-corrected chi connectivity index (χ4v) is 2.00. The third kappa shape index (κ3) is 1.22. The molecule has 0 bridgehead atoms. The number of carbonyl (C=O) groups is 1. The molecule has 0 unspecified atom stereocenters. The molecule has 1 aromatic carbocycles. The van der Waals surface area contributed by atoms with Gasteiger partial charge in [-0.2, -0.15) is 0 Å². The molecule has 1 aromatic rings. The van der Waals surface area contributed by atoms with Crippen molar-refractivity contribution in [3.63, 3.8) is 0 Å². The van der Waals surface area contributed by atoms with Crippen LogP contribution >= 0.6 is 0 Å². The Morgan fingerprint density at radius 3 is 2.73 bits per heavy atom. The molecule has 0 aliphatic carbocycles. The maximum atomic E-state index is 11.9. The Hall–Kier alpha value is -1.83. The van der Waals surface area contributed by atoms with Gasteiger partial charge in [-0.05, 0) is 18.6 Å². The van der Waals surface area contributed by atoms with Gasteiger partial charge in [-0.25, -0.2) is 0 Å². The van der Waals surface area contributed by atoms with Gasteiger partial charge in [0, 0.05) is 23.9 Å². The van der Waals surface area contributed by atoms with Gasteiger partial charge in [0.05, 0.1) is 0 Å². The summed E-state index contributed by atoms with van der Waals surface area (Å²) in [7, 11) is 1.80. The van der Waals surface area contributed by atoms with Gasteiger partial charge in [-0.3, -0.25) is 4.79 Å². The van der Waals surface area contributed by atoms with Gasteiger partial charge in [0.2, 0.25) is 0 Å². The summed E-state index contributed by atoms with van der Waals surface area (Å²) in [4.78, 5) is 13.6. The van der Waals surface area contributed by atoms with Crippen molar-refractivity contribution in [1.82, 2.24) is 4.90 Å². The van der Waals surface area contributed by atoms with E-state index in [2.05, 4.69) is 6.58 Å². The highest BCUT2D eigenvalue weighted by Gasteiger charge is 2.29. The smallest absolute Gasteiger partial charge is 0.258 e. The van der Waals surface area contributed by atoms with Crippen molar-refractivity contribution in [2.45, 2.75) is 6.92 Å². The van der Waals surface area contributed by atoms with Crippen LogP contribution in [0, 0.1) is 0 Å². The van der Waals surface area contributed by atoms with Crippen molar-refractivity contribution in [1.29, 1.82) is 0 Å². The van der Waals surface area contributed by atoms with E-state index in [1.54, 1.807) is 18.0 Å². The van der Waals surface area contributed by atoms with E-state index in [0.29, 0.717) is 0 Å². The number of allylic oxidation sites excluding steroid dienone is 1. The summed E-state index contributed by atoms with van der Waals surface area (Å²) in [6.07, 6.45) is 3.74. The Kier molecular flexibility index (Phi) is 2.19. The number of nitrogens with zero attached hydrogens (tertiary/aromatic N) is 1. The summed E-state index contributed by atoms with van der Waals surface area (Å²) in [6, 6.07) is 5.72. The van der Waals surface area contributed by atoms with Gasteiger partial charge in [0.1, 0.15) is 0 Å². The fraction of sp³-hybridized carbons (Fsp3) is 0.154. The summed E-state index contributed by atoms with van der Waals surface area (Å²) in [5, 5.41) is 0. The SMILES string of the molecule is C=Cc1cccc2c1/C(=C\C)N(C)C2=O. The second-order valence-electron chi connectivity index (χ2n) is 3.51. The summed E-state index contributed by atoms with van der Waals surface area (Å²) in [5.74, 6) is 0.0572. The summed E-state index contributed by atoms with van der Waals surface area (Å²) < 4.78 is 0. The van der Waals surface area contributed by atoms with Gasteiger partial charge in [-0.1, -0.05) is 30.9 Å². The van der Waals surface area contributed by atoms with E-state index in [-0.39, 0.29) is 5.91 Å². The molecule has 0 saturated carbocycles. The summed E-state index contributed by atoms with van der Waals surface area (Å²) in [6.45, 7) is 5.71. The van der Waals surface area contributed by atoms with Crippen LogP contribution in [0.3, 0.4) is 0 Å². The van der Waals surface area contributed by atoms with Gasteiger partial charge in [0.15, 0.2) is 0 Å². The Labute approximate surface area is 89.5 Å². The fourth-order valence-electron chi connectivity index (χ4n) is 2.00. The van der Waals surface area contributed by atoms with E-state index in [4.69, 9.17) is 0 Å². The third-order valence-electron chi connectivity index (χ3n) is 2.74. The number of amides is 1. The highest BCUT2D eigenvalue weighted by Crippen LogP contribution is 2.34. The number of hydrogen-bond acceptors (Lipinski definition) is 1. The number of fused-ring (bicyclic) bond motifs is 1. The molecule has 0 spiro atoms. The minimum absolute atomic E-state index is 0.0572. The normalized spacial score (nSPS) is 17.1. The first-order chi connectivity index (χ1) is 7.20. The van der Waals surface area contributed by atoms with Gasteiger partial charge in [0.25, 0.3) is 5.91 Å². The molecule has 76 valence electrons. The molecule has 0 saturated heterocycles. The maximum Gasteiger partial charge on any atom is 0.258 e. The first-order valence-corrected chi connectivity index (χ1v) is 4.91. The van der Waals surface area contributed by atoms with Crippen LogP contribution in [0.4, 0.5) is 0 Å². The van der Waals surface area contributed by atoms with Crippen LogP contribution < -0.4 is 0 Å². The third-order valence-corrected chi connectivity index (χ3v) is 2.74. The number of benzene rings is 1. The first kappa shape index (κ1) is 9.71. The van der Waals surface area contributed by atoms with Crippen LogP contribution in [0.25, 0.3) is 11.8 Å². The molecule has 0 N–H and O–H groups in total. The molecular formula is C13H13NO. The van der Waals surface area contributed by atoms with E-state index in [9.17, 15) is 4.79 Å². The van der Waals surface area contributed by atoms with E-state index in [0.717, 1.165) is 22.4 Å². The number of rotatable bonds is 1. The molecule has 1 heterocycles. The van der Waals surface area contributed by atoms with E-state index in [1.165, 1.54) is 0 Å². The van der Waals surface area contributed by atoms with Crippen LogP contribution in [0.15, 0.2) is 30.9 Å². The summed E-state index contributed by atoms with van der Waals surface area (Å²) >= 11 is 0. The highest BCUT2D eigenvalue weighted by molar-refractivity contribution is 6.10. The zero-order chi connectivity index (χ0) is 11.0. The van der Waals surface area contributed by atoms with Crippen LogP contribution in [0.2, 0.25) is 0 Å². The van der Waals surface area contributed by atoms with Crippen LogP contribution in [0.5, 0.6) is 0 Å². The lowest BCUT2D eigenvalue weighted by Crippen LogP contribution is -2.16. The predicted octanol–water partition coefficient (Wildman–Crippen LogP) is 2.78.